The van der Waals surface area contributed by atoms with E-state index in [1.165, 1.54) is 0 Å². The number of aryl methyl sites for hydroxylation is 1. The van der Waals surface area contributed by atoms with E-state index in [-0.39, 0.29) is 0 Å². The van der Waals surface area contributed by atoms with Crippen LogP contribution in [0.5, 0.6) is 0 Å². The summed E-state index contributed by atoms with van der Waals surface area (Å²) in [7, 11) is 0. The van der Waals surface area contributed by atoms with Gasteiger partial charge in [0.2, 0.25) is 0 Å². The molecule has 2 N–H and O–H groups in total. The summed E-state index contributed by atoms with van der Waals surface area (Å²) in [5, 5.41) is 15.2. The van der Waals surface area contributed by atoms with E-state index in [2.05, 4.69) is 10.3 Å². The lowest BCUT2D eigenvalue weighted by atomic mass is 10.1. The molecular formula is C13H14N2O2S. The van der Waals surface area contributed by atoms with E-state index < -0.39 is 5.97 Å². The number of aromatic carboxylic acids is 1. The summed E-state index contributed by atoms with van der Waals surface area (Å²) in [6.45, 7) is 2.62. The van der Waals surface area contributed by atoms with E-state index in [0.29, 0.717) is 17.8 Å². The molecule has 94 valence electrons. The molecule has 0 bridgehead atoms. The molecule has 0 fully saturated rings. The van der Waals surface area contributed by atoms with Crippen molar-refractivity contribution in [2.24, 2.45) is 0 Å². The molecule has 0 aliphatic carbocycles. The smallest absolute Gasteiger partial charge is 0.337 e. The van der Waals surface area contributed by atoms with Gasteiger partial charge in [-0.25, -0.2) is 9.78 Å². The number of aromatic nitrogens is 1. The van der Waals surface area contributed by atoms with Crippen LogP contribution in [-0.4, -0.2) is 22.6 Å². The minimum Gasteiger partial charge on any atom is -0.478 e. The Morgan fingerprint density at radius 3 is 3.00 bits per heavy atom. The minimum absolute atomic E-state index is 0.305. The Bertz CT molecular complexity index is 538. The van der Waals surface area contributed by atoms with Gasteiger partial charge in [0.1, 0.15) is 0 Å². The lowest BCUT2D eigenvalue weighted by Gasteiger charge is -2.09. The Morgan fingerprint density at radius 2 is 2.33 bits per heavy atom. The third-order valence-corrected chi connectivity index (χ3v) is 3.38. The van der Waals surface area contributed by atoms with Crippen LogP contribution in [0.2, 0.25) is 0 Å². The number of hydrogen-bond acceptors (Lipinski definition) is 4. The third-order valence-electron chi connectivity index (χ3n) is 2.54. The van der Waals surface area contributed by atoms with Gasteiger partial charge < -0.3 is 10.4 Å². The van der Waals surface area contributed by atoms with Crippen LogP contribution in [0.3, 0.4) is 0 Å². The summed E-state index contributed by atoms with van der Waals surface area (Å²) in [6.07, 6.45) is 2.57. The molecule has 0 saturated heterocycles. The molecule has 5 heteroatoms. The first kappa shape index (κ1) is 12.6. The number of nitrogens with zero attached hydrogens (tertiary/aromatic N) is 1. The molecule has 1 heterocycles. The van der Waals surface area contributed by atoms with Gasteiger partial charge >= 0.3 is 5.97 Å². The van der Waals surface area contributed by atoms with Crippen molar-refractivity contribution in [1.82, 2.24) is 4.98 Å². The molecule has 0 aliphatic rings. The molecule has 0 radical (unpaired) electrons. The van der Waals surface area contributed by atoms with Gasteiger partial charge in [-0.2, -0.15) is 0 Å². The number of thiazole rings is 1. The van der Waals surface area contributed by atoms with Gasteiger partial charge in [-0.1, -0.05) is 6.07 Å². The minimum atomic E-state index is -0.910. The summed E-state index contributed by atoms with van der Waals surface area (Å²) in [6, 6.07) is 5.28. The SMILES string of the molecule is Cc1ccc(C(=O)O)c(NCCc2nccs2)c1. The average molecular weight is 262 g/mol. The van der Waals surface area contributed by atoms with Crippen LogP contribution in [0.25, 0.3) is 0 Å². The molecule has 0 aliphatic heterocycles. The number of nitrogens with one attached hydrogen (secondary N) is 1. The zero-order valence-electron chi connectivity index (χ0n) is 10.0. The zero-order valence-corrected chi connectivity index (χ0v) is 10.8. The number of carboxylic acids is 1. The van der Waals surface area contributed by atoms with Crippen molar-refractivity contribution in [2.75, 3.05) is 11.9 Å². The van der Waals surface area contributed by atoms with Gasteiger partial charge in [-0.05, 0) is 24.6 Å². The van der Waals surface area contributed by atoms with Gasteiger partial charge in [0.25, 0.3) is 0 Å². The van der Waals surface area contributed by atoms with Gasteiger partial charge in [0, 0.05) is 30.2 Å². The quantitative estimate of drug-likeness (QED) is 0.869. The summed E-state index contributed by atoms with van der Waals surface area (Å²) in [5.74, 6) is -0.910. The number of rotatable bonds is 5. The maximum atomic E-state index is 11.1. The first-order valence-corrected chi connectivity index (χ1v) is 6.51. The second-order valence-corrected chi connectivity index (χ2v) is 4.94. The second kappa shape index (κ2) is 5.64. The van der Waals surface area contributed by atoms with Gasteiger partial charge in [0.05, 0.1) is 10.6 Å². The highest BCUT2D eigenvalue weighted by atomic mass is 32.1. The molecule has 0 saturated carbocycles. The fraction of sp³-hybridized carbons (Fsp3) is 0.231. The lowest BCUT2D eigenvalue weighted by molar-refractivity contribution is 0.0698. The second-order valence-electron chi connectivity index (χ2n) is 3.96. The molecule has 0 atom stereocenters. The molecule has 1 aromatic heterocycles. The van der Waals surface area contributed by atoms with Crippen molar-refractivity contribution in [3.8, 4) is 0 Å². The summed E-state index contributed by atoms with van der Waals surface area (Å²) < 4.78 is 0. The van der Waals surface area contributed by atoms with Crippen LogP contribution in [0.1, 0.15) is 20.9 Å². The molecule has 0 spiro atoms. The monoisotopic (exact) mass is 262 g/mol. The standard InChI is InChI=1S/C13H14N2O2S/c1-9-2-3-10(13(16)17)11(8-9)14-5-4-12-15-6-7-18-12/h2-3,6-8,14H,4-5H2,1H3,(H,16,17). The molecule has 1 aromatic carbocycles. The van der Waals surface area contributed by atoms with Crippen molar-refractivity contribution in [3.05, 3.63) is 45.9 Å². The van der Waals surface area contributed by atoms with Crippen molar-refractivity contribution in [3.63, 3.8) is 0 Å². The normalized spacial score (nSPS) is 10.3. The summed E-state index contributed by atoms with van der Waals surface area (Å²) >= 11 is 1.60. The Hall–Kier alpha value is -1.88. The van der Waals surface area contributed by atoms with E-state index in [0.717, 1.165) is 17.0 Å². The van der Waals surface area contributed by atoms with Crippen LogP contribution in [-0.2, 0) is 6.42 Å². The Balaban J connectivity index is 2.03. The van der Waals surface area contributed by atoms with Crippen molar-refractivity contribution >= 4 is 23.0 Å². The highest BCUT2D eigenvalue weighted by Crippen LogP contribution is 2.17. The van der Waals surface area contributed by atoms with Crippen LogP contribution in [0, 0.1) is 6.92 Å². The van der Waals surface area contributed by atoms with Gasteiger partial charge in [-0.15, -0.1) is 11.3 Å². The number of hydrogen-bond donors (Lipinski definition) is 2. The number of carbonyl (C=O) groups is 1. The predicted octanol–water partition coefficient (Wildman–Crippen LogP) is 2.80. The Morgan fingerprint density at radius 1 is 1.50 bits per heavy atom. The Labute approximate surface area is 109 Å². The number of carboxylic acid groups (broad SMARTS) is 1. The molecule has 18 heavy (non-hydrogen) atoms. The zero-order chi connectivity index (χ0) is 13.0. The fourth-order valence-corrected chi connectivity index (χ4v) is 2.29. The van der Waals surface area contributed by atoms with Gasteiger partial charge in [-0.3, -0.25) is 0 Å². The highest BCUT2D eigenvalue weighted by molar-refractivity contribution is 7.09. The molecule has 2 rings (SSSR count). The average Bonchev–Trinajstić information content (AvgIpc) is 2.82. The fourth-order valence-electron chi connectivity index (χ4n) is 1.67. The van der Waals surface area contributed by atoms with Crippen molar-refractivity contribution in [1.29, 1.82) is 0 Å². The van der Waals surface area contributed by atoms with Crippen LogP contribution < -0.4 is 5.32 Å². The predicted molar refractivity (Wildman–Crippen MR) is 72.4 cm³/mol. The summed E-state index contributed by atoms with van der Waals surface area (Å²) in [5.41, 5.74) is 2.01. The van der Waals surface area contributed by atoms with Crippen molar-refractivity contribution < 1.29 is 9.90 Å². The largest absolute Gasteiger partial charge is 0.478 e. The van der Waals surface area contributed by atoms with E-state index in [9.17, 15) is 4.79 Å². The van der Waals surface area contributed by atoms with E-state index >= 15 is 0 Å². The maximum absolute atomic E-state index is 11.1. The Kier molecular flexibility index (Phi) is 3.94. The first-order valence-electron chi connectivity index (χ1n) is 5.63. The maximum Gasteiger partial charge on any atom is 0.337 e. The molecular weight excluding hydrogens is 248 g/mol. The number of benzene rings is 1. The molecule has 0 unspecified atom stereocenters. The lowest BCUT2D eigenvalue weighted by Crippen LogP contribution is -2.09. The van der Waals surface area contributed by atoms with E-state index in [1.54, 1.807) is 29.7 Å². The van der Waals surface area contributed by atoms with Crippen LogP contribution >= 0.6 is 11.3 Å². The van der Waals surface area contributed by atoms with Gasteiger partial charge in [0.15, 0.2) is 0 Å². The van der Waals surface area contributed by atoms with Crippen LogP contribution in [0.4, 0.5) is 5.69 Å². The third kappa shape index (κ3) is 3.07. The highest BCUT2D eigenvalue weighted by Gasteiger charge is 2.09. The van der Waals surface area contributed by atoms with E-state index in [1.807, 2.05) is 18.4 Å². The number of anilines is 1. The molecule has 2 aromatic rings. The summed E-state index contributed by atoms with van der Waals surface area (Å²) in [4.78, 5) is 15.3. The topological polar surface area (TPSA) is 62.2 Å². The van der Waals surface area contributed by atoms with Crippen LogP contribution in [0.15, 0.2) is 29.8 Å². The van der Waals surface area contributed by atoms with E-state index in [4.69, 9.17) is 5.11 Å². The first-order chi connectivity index (χ1) is 8.66. The molecule has 0 amide bonds. The molecule has 4 nitrogen and oxygen atoms in total. The van der Waals surface area contributed by atoms with Crippen molar-refractivity contribution in [2.45, 2.75) is 13.3 Å².